The summed E-state index contributed by atoms with van der Waals surface area (Å²) in [5.41, 5.74) is 6.10. The molecule has 0 fully saturated rings. The van der Waals surface area contributed by atoms with E-state index < -0.39 is 12.6 Å². The highest BCUT2D eigenvalue weighted by Crippen LogP contribution is 2.39. The van der Waals surface area contributed by atoms with E-state index in [0.717, 1.165) is 44.9 Å². The van der Waals surface area contributed by atoms with E-state index in [9.17, 15) is 0 Å². The number of para-hydroxylation sites is 2. The summed E-state index contributed by atoms with van der Waals surface area (Å²) in [5, 5.41) is 0. The van der Waals surface area contributed by atoms with Gasteiger partial charge in [-0.2, -0.15) is 0 Å². The van der Waals surface area contributed by atoms with E-state index in [-0.39, 0.29) is 0 Å². The molecular formula is C30H22O3. The Bertz CT molecular complexity index is 1230. The average molecular weight is 431 g/mol. The molecule has 0 spiro atoms. The lowest BCUT2D eigenvalue weighted by Crippen LogP contribution is -2.35. The van der Waals surface area contributed by atoms with Crippen LogP contribution in [0.3, 0.4) is 0 Å². The minimum atomic E-state index is -0.621. The first kappa shape index (κ1) is 19.6. The van der Waals surface area contributed by atoms with Crippen LogP contribution in [-0.2, 0) is 4.74 Å². The third kappa shape index (κ3) is 3.84. The Balaban J connectivity index is 1.40. The van der Waals surface area contributed by atoms with Crippen LogP contribution >= 0.6 is 0 Å². The van der Waals surface area contributed by atoms with Crippen molar-refractivity contribution in [3.63, 3.8) is 0 Å². The molecular weight excluding hydrogens is 408 g/mol. The first-order valence-corrected chi connectivity index (χ1v) is 11.1. The summed E-state index contributed by atoms with van der Waals surface area (Å²) >= 11 is 0. The van der Waals surface area contributed by atoms with Crippen molar-refractivity contribution in [2.45, 2.75) is 12.6 Å². The van der Waals surface area contributed by atoms with Gasteiger partial charge < -0.3 is 9.47 Å². The Morgan fingerprint density at radius 3 is 1.30 bits per heavy atom. The molecule has 2 atom stereocenters. The minimum Gasteiger partial charge on any atom is -0.460 e. The van der Waals surface area contributed by atoms with Gasteiger partial charge in [-0.15, -0.1) is 0 Å². The molecule has 33 heavy (non-hydrogen) atoms. The maximum Gasteiger partial charge on any atom is 0.230 e. The third-order valence-corrected chi connectivity index (χ3v) is 5.90. The van der Waals surface area contributed by atoms with Gasteiger partial charge in [0.2, 0.25) is 12.6 Å². The fraction of sp³-hybridized carbons (Fsp3) is 0.0667. The van der Waals surface area contributed by atoms with Crippen LogP contribution in [0, 0.1) is 0 Å². The lowest BCUT2D eigenvalue weighted by atomic mass is 9.98. The highest BCUT2D eigenvalue weighted by atomic mass is 16.8. The number of hydrogen-bond donors (Lipinski definition) is 0. The van der Waals surface area contributed by atoms with Crippen molar-refractivity contribution >= 4 is 23.3 Å². The summed E-state index contributed by atoms with van der Waals surface area (Å²) in [6.45, 7) is 0. The van der Waals surface area contributed by atoms with Gasteiger partial charge in [-0.05, 0) is 35.4 Å². The van der Waals surface area contributed by atoms with Crippen LogP contribution in [-0.4, -0.2) is 12.6 Å². The first-order valence-electron chi connectivity index (χ1n) is 11.1. The van der Waals surface area contributed by atoms with E-state index >= 15 is 0 Å². The average Bonchev–Trinajstić information content (AvgIpc) is 2.89. The largest absolute Gasteiger partial charge is 0.460 e. The Morgan fingerprint density at radius 2 is 0.848 bits per heavy atom. The van der Waals surface area contributed by atoms with Gasteiger partial charge in [0.1, 0.15) is 11.5 Å². The molecule has 4 aromatic carbocycles. The SMILES string of the molecule is C1=C(c2ccccc2)[C@H](O[C@@H]2Oc3ccccc3C=C2c2ccccc2)Oc2ccccc21. The van der Waals surface area contributed by atoms with E-state index in [2.05, 4.69) is 48.6 Å². The van der Waals surface area contributed by atoms with Gasteiger partial charge in [0.25, 0.3) is 0 Å². The smallest absolute Gasteiger partial charge is 0.230 e. The summed E-state index contributed by atoms with van der Waals surface area (Å²) in [5.74, 6) is 1.59. The molecule has 0 saturated heterocycles. The predicted molar refractivity (Wildman–Crippen MR) is 131 cm³/mol. The van der Waals surface area contributed by atoms with Crippen molar-refractivity contribution in [2.75, 3.05) is 0 Å². The Hall–Kier alpha value is -4.08. The Labute approximate surface area is 193 Å². The summed E-state index contributed by atoms with van der Waals surface area (Å²) < 4.78 is 19.4. The third-order valence-electron chi connectivity index (χ3n) is 5.90. The van der Waals surface area contributed by atoms with Crippen molar-refractivity contribution in [3.05, 3.63) is 131 Å². The van der Waals surface area contributed by atoms with Crippen LogP contribution in [0.2, 0.25) is 0 Å². The number of hydrogen-bond acceptors (Lipinski definition) is 3. The topological polar surface area (TPSA) is 27.7 Å². The van der Waals surface area contributed by atoms with Gasteiger partial charge in [-0.3, -0.25) is 4.74 Å². The molecule has 0 saturated carbocycles. The molecule has 0 amide bonds. The molecule has 0 aromatic heterocycles. The van der Waals surface area contributed by atoms with Gasteiger partial charge in [0.15, 0.2) is 0 Å². The van der Waals surface area contributed by atoms with Crippen LogP contribution in [0.4, 0.5) is 0 Å². The number of benzene rings is 4. The van der Waals surface area contributed by atoms with Crippen molar-refractivity contribution in [1.82, 2.24) is 0 Å². The maximum atomic E-state index is 6.60. The van der Waals surface area contributed by atoms with Crippen molar-refractivity contribution < 1.29 is 14.2 Å². The van der Waals surface area contributed by atoms with Gasteiger partial charge >= 0.3 is 0 Å². The van der Waals surface area contributed by atoms with E-state index in [4.69, 9.17) is 14.2 Å². The van der Waals surface area contributed by atoms with E-state index in [1.165, 1.54) is 0 Å². The number of fused-ring (bicyclic) bond motifs is 2. The van der Waals surface area contributed by atoms with Gasteiger partial charge in [0, 0.05) is 22.3 Å². The molecule has 0 bridgehead atoms. The molecule has 6 rings (SSSR count). The lowest BCUT2D eigenvalue weighted by Gasteiger charge is -2.33. The van der Waals surface area contributed by atoms with E-state index in [1.54, 1.807) is 0 Å². The minimum absolute atomic E-state index is 0.621. The standard InChI is InChI=1S/C30H22O3/c1-3-11-21(12-4-1)25-19-23-15-7-9-17-27(23)31-29(25)33-30-26(22-13-5-2-6-14-22)20-24-16-8-10-18-28(24)32-30/h1-20,29-30H/t29-,30-/m0/s1. The van der Waals surface area contributed by atoms with E-state index in [1.807, 2.05) is 72.8 Å². The first-order chi connectivity index (χ1) is 16.3. The van der Waals surface area contributed by atoms with Crippen molar-refractivity contribution in [3.8, 4) is 11.5 Å². The molecule has 2 aliphatic rings. The molecule has 0 N–H and O–H groups in total. The molecule has 0 radical (unpaired) electrons. The van der Waals surface area contributed by atoms with Crippen LogP contribution in [0.5, 0.6) is 11.5 Å². The van der Waals surface area contributed by atoms with Crippen LogP contribution in [0.1, 0.15) is 22.3 Å². The van der Waals surface area contributed by atoms with Crippen LogP contribution in [0.15, 0.2) is 109 Å². The number of ether oxygens (including phenoxy) is 3. The molecule has 2 aliphatic heterocycles. The number of rotatable bonds is 4. The zero-order valence-electron chi connectivity index (χ0n) is 17.9. The molecule has 0 unspecified atom stereocenters. The highest BCUT2D eigenvalue weighted by molar-refractivity contribution is 5.88. The highest BCUT2D eigenvalue weighted by Gasteiger charge is 2.32. The van der Waals surface area contributed by atoms with Crippen molar-refractivity contribution in [1.29, 1.82) is 0 Å². The fourth-order valence-electron chi connectivity index (χ4n) is 4.26. The summed E-state index contributed by atoms with van der Waals surface area (Å²) in [4.78, 5) is 0. The molecule has 3 nitrogen and oxygen atoms in total. The zero-order chi connectivity index (χ0) is 22.0. The van der Waals surface area contributed by atoms with Gasteiger partial charge in [-0.25, -0.2) is 0 Å². The van der Waals surface area contributed by atoms with Crippen LogP contribution < -0.4 is 9.47 Å². The summed E-state index contributed by atoms with van der Waals surface area (Å²) in [6, 6.07) is 36.4. The van der Waals surface area contributed by atoms with Gasteiger partial charge in [-0.1, -0.05) is 97.1 Å². The Morgan fingerprint density at radius 1 is 0.455 bits per heavy atom. The second-order valence-corrected chi connectivity index (χ2v) is 8.04. The summed E-state index contributed by atoms with van der Waals surface area (Å²) in [6.07, 6.45) is 3.04. The normalized spacial score (nSPS) is 18.7. The fourth-order valence-corrected chi connectivity index (χ4v) is 4.26. The van der Waals surface area contributed by atoms with Gasteiger partial charge in [0.05, 0.1) is 0 Å². The monoisotopic (exact) mass is 430 g/mol. The molecule has 160 valence electrons. The quantitative estimate of drug-likeness (QED) is 0.352. The van der Waals surface area contributed by atoms with Crippen LogP contribution in [0.25, 0.3) is 23.3 Å². The van der Waals surface area contributed by atoms with Crippen molar-refractivity contribution in [2.24, 2.45) is 0 Å². The predicted octanol–water partition coefficient (Wildman–Crippen LogP) is 6.92. The molecule has 2 heterocycles. The maximum absolute atomic E-state index is 6.60. The summed E-state index contributed by atoms with van der Waals surface area (Å²) in [7, 11) is 0. The lowest BCUT2D eigenvalue weighted by molar-refractivity contribution is -0.132. The molecule has 4 aromatic rings. The van der Waals surface area contributed by atoms with E-state index in [0.29, 0.717) is 0 Å². The molecule has 0 aliphatic carbocycles. The Kier molecular flexibility index (Phi) is 5.02. The second-order valence-electron chi connectivity index (χ2n) is 8.04. The molecule has 3 heteroatoms. The zero-order valence-corrected chi connectivity index (χ0v) is 17.9. The second kappa shape index (κ2) is 8.45.